The van der Waals surface area contributed by atoms with E-state index < -0.39 is 40.1 Å². The molecule has 45 heavy (non-hydrogen) atoms. The van der Waals surface area contributed by atoms with Gasteiger partial charge in [-0.25, -0.2) is 4.31 Å². The molecule has 1 atom stereocenters. The molecular weight excluding hydrogens is 646 g/mol. The predicted octanol–water partition coefficient (Wildman–Crippen LogP) is 6.27. The molecule has 1 amide bonds. The number of carbonyl (C=O) groups is 1. The highest BCUT2D eigenvalue weighted by Crippen LogP contribution is 2.48. The molecule has 15 heteroatoms. The molecule has 0 bridgehead atoms. The van der Waals surface area contributed by atoms with E-state index in [9.17, 15) is 35.3 Å². The Morgan fingerprint density at radius 1 is 0.956 bits per heavy atom. The average molecular weight is 675 g/mol. The number of H-pyrrole nitrogens is 1. The number of rotatable bonds is 8. The number of nitrogens with one attached hydrogen (secondary N) is 2. The number of alkyl halides is 6. The van der Waals surface area contributed by atoms with E-state index >= 15 is 0 Å². The molecule has 0 saturated carbocycles. The molecule has 7 nitrogen and oxygen atoms in total. The number of thiol groups is 1. The molecule has 3 aromatic carbocycles. The van der Waals surface area contributed by atoms with E-state index in [4.69, 9.17) is 16.7 Å². The molecule has 1 aromatic heterocycles. The molecule has 1 saturated heterocycles. The Kier molecular flexibility index (Phi) is 9.32. The minimum absolute atomic E-state index is 0.0358. The molecule has 1 aliphatic heterocycles. The smallest absolute Gasteiger partial charge is 0.395 e. The van der Waals surface area contributed by atoms with Gasteiger partial charge in [0.05, 0.1) is 17.8 Å². The van der Waals surface area contributed by atoms with Gasteiger partial charge in [-0.15, -0.1) is 0 Å². The number of fused-ring (bicyclic) bond motifs is 1. The summed E-state index contributed by atoms with van der Waals surface area (Å²) in [5, 5.41) is 20.1. The minimum atomic E-state index is -6.66. The van der Waals surface area contributed by atoms with Crippen molar-refractivity contribution in [3.05, 3.63) is 99.7 Å². The fourth-order valence-corrected chi connectivity index (χ4v) is 7.61. The zero-order valence-electron chi connectivity index (χ0n) is 23.5. The summed E-state index contributed by atoms with van der Waals surface area (Å²) in [5.41, 5.74) is -7.77. The number of hydrogen-bond acceptors (Lipinski definition) is 4. The number of nitrogens with zero attached hydrogens (tertiary/aromatic N) is 2. The summed E-state index contributed by atoms with van der Waals surface area (Å²) in [6.07, 6.45) is -0.193. The number of piperidine rings is 1. The van der Waals surface area contributed by atoms with Crippen LogP contribution < -0.4 is 5.32 Å². The van der Waals surface area contributed by atoms with Crippen LogP contribution >= 0.6 is 11.6 Å². The Hall–Kier alpha value is -3.46. The lowest BCUT2D eigenvalue weighted by molar-refractivity contribution is -0.0943. The normalized spacial score (nSPS) is 16.5. The highest BCUT2D eigenvalue weighted by Gasteiger charge is 2.65. The second kappa shape index (κ2) is 12.7. The number of halogens is 7. The van der Waals surface area contributed by atoms with Gasteiger partial charge in [0.2, 0.25) is 0 Å². The van der Waals surface area contributed by atoms with Crippen LogP contribution in [0.15, 0.2) is 66.7 Å². The van der Waals surface area contributed by atoms with Crippen LogP contribution in [0.3, 0.4) is 0 Å². The van der Waals surface area contributed by atoms with Gasteiger partial charge in [0, 0.05) is 47.4 Å². The van der Waals surface area contributed by atoms with E-state index in [1.54, 1.807) is 30.3 Å². The van der Waals surface area contributed by atoms with Gasteiger partial charge in [-0.05, 0) is 65.9 Å². The highest BCUT2D eigenvalue weighted by atomic mass is 35.5. The molecule has 1 aliphatic rings. The van der Waals surface area contributed by atoms with Crippen LogP contribution in [0.25, 0.3) is 10.9 Å². The summed E-state index contributed by atoms with van der Waals surface area (Å²) in [6, 6.07) is 19.8. The maximum atomic E-state index is 13.4. The van der Waals surface area contributed by atoms with Gasteiger partial charge in [0.25, 0.3) is 5.91 Å². The van der Waals surface area contributed by atoms with Gasteiger partial charge in [0.15, 0.2) is 0 Å². The first-order valence-corrected chi connectivity index (χ1v) is 16.0. The van der Waals surface area contributed by atoms with Crippen LogP contribution in [0.2, 0.25) is 5.02 Å². The van der Waals surface area contributed by atoms with Crippen LogP contribution in [0.1, 0.15) is 57.4 Å². The van der Waals surface area contributed by atoms with Crippen molar-refractivity contribution in [1.82, 2.24) is 19.8 Å². The van der Waals surface area contributed by atoms with Crippen molar-refractivity contribution in [2.24, 2.45) is 0 Å². The lowest BCUT2D eigenvalue weighted by Gasteiger charge is -2.41. The molecule has 4 aromatic rings. The predicted molar refractivity (Wildman–Crippen MR) is 160 cm³/mol. The summed E-state index contributed by atoms with van der Waals surface area (Å²) in [7, 11) is -6.66. The van der Waals surface area contributed by atoms with E-state index in [0.29, 0.717) is 27.2 Å². The highest BCUT2D eigenvalue weighted by molar-refractivity contribution is 8.02. The Bertz CT molecular complexity index is 1680. The topological polar surface area (TPSA) is 98.3 Å². The minimum Gasteiger partial charge on any atom is -0.395 e. The largest absolute Gasteiger partial charge is 0.468 e. The fraction of sp³-hybridized carbons (Fsp3) is 0.333. The number of aromatic nitrogens is 2. The first-order valence-electron chi connectivity index (χ1n) is 14.0. The zero-order chi connectivity index (χ0) is 32.6. The lowest BCUT2D eigenvalue weighted by Crippen LogP contribution is -2.57. The first-order chi connectivity index (χ1) is 21.2. The van der Waals surface area contributed by atoms with E-state index in [1.165, 1.54) is 0 Å². The maximum absolute atomic E-state index is 13.4. The summed E-state index contributed by atoms with van der Waals surface area (Å²) in [6.45, 7) is -1.38. The Balaban J connectivity index is 1.47. The summed E-state index contributed by atoms with van der Waals surface area (Å²) >= 11 is 6.14. The number of hydrogen-bond donors (Lipinski definition) is 4. The van der Waals surface area contributed by atoms with Crippen molar-refractivity contribution in [3.8, 4) is 0 Å². The van der Waals surface area contributed by atoms with Crippen molar-refractivity contribution >= 4 is 38.5 Å². The lowest BCUT2D eigenvalue weighted by atomic mass is 9.83. The van der Waals surface area contributed by atoms with E-state index in [2.05, 4.69) is 15.5 Å². The third kappa shape index (κ3) is 6.46. The SMILES string of the molecule is O=C(NCCO)c1ccc(C(c2ccc(Cl)cc2)c2ccc3[nH]nc(C4CCN([SH](=O)(C(F)(F)F)C(F)(F)F)CC4)c3c2)cc1. The van der Waals surface area contributed by atoms with Gasteiger partial charge >= 0.3 is 11.0 Å². The number of aliphatic hydroxyl groups is 1. The van der Waals surface area contributed by atoms with Gasteiger partial charge in [-0.1, -0.05) is 41.9 Å². The first kappa shape index (κ1) is 32.9. The summed E-state index contributed by atoms with van der Waals surface area (Å²) in [5.74, 6) is -1.14. The number of amides is 1. The van der Waals surface area contributed by atoms with Gasteiger partial charge in [0.1, 0.15) is 10.1 Å². The Morgan fingerprint density at radius 2 is 1.51 bits per heavy atom. The molecule has 2 heterocycles. The third-order valence-corrected chi connectivity index (χ3v) is 10.8. The Labute approximate surface area is 260 Å². The molecule has 242 valence electrons. The molecule has 1 fully saturated rings. The fourth-order valence-electron chi connectivity index (χ4n) is 5.76. The summed E-state index contributed by atoms with van der Waals surface area (Å²) < 4.78 is 92.9. The number of benzene rings is 3. The molecule has 5 rings (SSSR count). The third-order valence-electron chi connectivity index (χ3n) is 8.00. The van der Waals surface area contributed by atoms with Gasteiger partial charge < -0.3 is 10.4 Å². The van der Waals surface area contributed by atoms with Crippen molar-refractivity contribution in [2.75, 3.05) is 26.2 Å². The van der Waals surface area contributed by atoms with Crippen molar-refractivity contribution in [2.45, 2.75) is 35.7 Å². The van der Waals surface area contributed by atoms with Crippen LogP contribution in [0, 0.1) is 0 Å². The molecule has 0 spiro atoms. The zero-order valence-corrected chi connectivity index (χ0v) is 25.1. The van der Waals surface area contributed by atoms with E-state index in [-0.39, 0.29) is 42.1 Å². The van der Waals surface area contributed by atoms with Gasteiger partial charge in [-0.3, -0.25) is 14.1 Å². The number of aliphatic hydroxyl groups excluding tert-OH is 1. The van der Waals surface area contributed by atoms with Crippen LogP contribution in [-0.2, 0) is 10.1 Å². The molecule has 3 N–H and O–H groups in total. The standard InChI is InChI=1S/C30H29ClF6N4O3S/c31-23-8-5-19(6-9-23)26(18-1-3-21(4-2-18)28(43)38-13-16-42)22-7-10-25-24(17-22)27(40-39-25)20-11-14-41(15-12-20)45(44,29(32,33)34)30(35,36)37/h1-10,17,20,26,42,45H,11-16H2,(H,38,43)(H,39,40). The van der Waals surface area contributed by atoms with E-state index in [0.717, 1.165) is 16.7 Å². The summed E-state index contributed by atoms with van der Waals surface area (Å²) in [4.78, 5) is 12.4. The average Bonchev–Trinajstić information content (AvgIpc) is 3.43. The van der Waals surface area contributed by atoms with Gasteiger partial charge in [-0.2, -0.15) is 31.4 Å². The van der Waals surface area contributed by atoms with Crippen LogP contribution in [0.4, 0.5) is 26.3 Å². The number of carbonyl (C=O) groups excluding carboxylic acids is 1. The van der Waals surface area contributed by atoms with Crippen LogP contribution in [-0.4, -0.2) is 67.0 Å². The van der Waals surface area contributed by atoms with E-state index in [1.807, 2.05) is 36.4 Å². The molecule has 0 aliphatic carbocycles. The van der Waals surface area contributed by atoms with Crippen molar-refractivity contribution in [3.63, 3.8) is 0 Å². The molecule has 1 unspecified atom stereocenters. The number of aromatic amines is 1. The second-order valence-electron chi connectivity index (χ2n) is 10.7. The molecule has 0 radical (unpaired) electrons. The quantitative estimate of drug-likeness (QED) is 0.101. The Morgan fingerprint density at radius 3 is 2.07 bits per heavy atom. The molecular formula is C30H29ClF6N4O3S. The monoisotopic (exact) mass is 674 g/mol. The van der Waals surface area contributed by atoms with Crippen molar-refractivity contribution < 1.29 is 40.5 Å². The second-order valence-corrected chi connectivity index (χ2v) is 13.9. The van der Waals surface area contributed by atoms with Crippen LogP contribution in [0.5, 0.6) is 0 Å². The van der Waals surface area contributed by atoms with Crippen molar-refractivity contribution in [1.29, 1.82) is 0 Å². The maximum Gasteiger partial charge on any atom is 0.468 e.